The quantitative estimate of drug-likeness (QED) is 0.119. The van der Waals surface area contributed by atoms with Gasteiger partial charge in [0.1, 0.15) is 17.6 Å². The number of likely N-dealkylation sites (tertiary alicyclic amines) is 1. The van der Waals surface area contributed by atoms with E-state index in [4.69, 9.17) is 46.1 Å². The Bertz CT molecular complexity index is 1310. The summed E-state index contributed by atoms with van der Waals surface area (Å²) in [7, 11) is 4.41. The number of aromatic nitrogens is 1. The van der Waals surface area contributed by atoms with Crippen molar-refractivity contribution in [2.24, 2.45) is 11.5 Å². The Morgan fingerprint density at radius 3 is 2.02 bits per heavy atom. The smallest absolute Gasteiger partial charge is 0.326 e. The van der Waals surface area contributed by atoms with Crippen molar-refractivity contribution in [2.45, 2.75) is 38.3 Å². The first-order valence-corrected chi connectivity index (χ1v) is 13.2. The zero-order chi connectivity index (χ0) is 34.3. The van der Waals surface area contributed by atoms with E-state index in [9.17, 15) is 24.3 Å². The lowest BCUT2D eigenvalue weighted by Crippen LogP contribution is -2.52. The number of ether oxygens (including phenoxy) is 3. The van der Waals surface area contributed by atoms with E-state index < -0.39 is 48.4 Å². The Kier molecular flexibility index (Phi) is 15.3. The van der Waals surface area contributed by atoms with E-state index in [1.165, 1.54) is 44.6 Å². The van der Waals surface area contributed by atoms with Crippen LogP contribution in [0.1, 0.15) is 41.4 Å². The molecule has 0 saturated carbocycles. The lowest BCUT2D eigenvalue weighted by atomic mass is 10.0. The second kappa shape index (κ2) is 18.3. The number of nitrogen functional groups attached to an aromatic ring is 1. The molecule has 1 fully saturated rings. The first-order chi connectivity index (χ1) is 21.2. The van der Waals surface area contributed by atoms with E-state index in [-0.39, 0.29) is 12.3 Å². The molecule has 2 aromatic rings. The van der Waals surface area contributed by atoms with E-state index in [1.807, 2.05) is 0 Å². The van der Waals surface area contributed by atoms with Crippen molar-refractivity contribution in [1.29, 1.82) is 5.41 Å². The number of carbonyl (C=O) groups is 5. The molecule has 1 aromatic carbocycles. The lowest BCUT2D eigenvalue weighted by molar-refractivity contribution is -0.149. The second-order valence-corrected chi connectivity index (χ2v) is 9.32. The SMILES string of the molecule is CC(=O)O.COc1cc(C[C@H](NCC(=O)O)C(=O)N2CCC[C@H]2C(=O)O)cc(OC)c1OC.N=C(N)c1ccc(C(N)=O)cn1. The summed E-state index contributed by atoms with van der Waals surface area (Å²) in [6, 6.07) is 4.46. The van der Waals surface area contributed by atoms with Gasteiger partial charge in [0.25, 0.3) is 5.97 Å². The summed E-state index contributed by atoms with van der Waals surface area (Å²) in [5.74, 6) is -2.96. The highest BCUT2D eigenvalue weighted by molar-refractivity contribution is 5.95. The fourth-order valence-electron chi connectivity index (χ4n) is 4.13. The topological polar surface area (TPSA) is 278 Å². The molecule has 0 spiro atoms. The molecule has 2 heterocycles. The van der Waals surface area contributed by atoms with Crippen LogP contribution in [-0.4, -0.2) is 107 Å². The molecule has 1 aromatic heterocycles. The third-order valence-corrected chi connectivity index (χ3v) is 6.11. The highest BCUT2D eigenvalue weighted by Gasteiger charge is 2.37. The van der Waals surface area contributed by atoms with Crippen LogP contribution in [0.5, 0.6) is 17.2 Å². The molecular formula is C28H38N6O11. The van der Waals surface area contributed by atoms with Gasteiger partial charge >= 0.3 is 11.9 Å². The number of nitrogens with one attached hydrogen (secondary N) is 2. The van der Waals surface area contributed by atoms with Crippen molar-refractivity contribution >= 4 is 35.6 Å². The van der Waals surface area contributed by atoms with Gasteiger partial charge in [-0.3, -0.25) is 34.9 Å². The van der Waals surface area contributed by atoms with Gasteiger partial charge < -0.3 is 45.9 Å². The molecule has 1 aliphatic rings. The Labute approximate surface area is 258 Å². The van der Waals surface area contributed by atoms with Gasteiger partial charge in [0.15, 0.2) is 11.5 Å². The fourth-order valence-corrected chi connectivity index (χ4v) is 4.13. The number of rotatable bonds is 12. The molecule has 0 radical (unpaired) electrons. The molecule has 45 heavy (non-hydrogen) atoms. The number of hydrogen-bond donors (Lipinski definition) is 7. The maximum absolute atomic E-state index is 13.0. The second-order valence-electron chi connectivity index (χ2n) is 9.32. The van der Waals surface area contributed by atoms with Gasteiger partial charge in [-0.25, -0.2) is 4.79 Å². The van der Waals surface area contributed by atoms with E-state index in [2.05, 4.69) is 10.3 Å². The van der Waals surface area contributed by atoms with E-state index in [1.54, 1.807) is 12.1 Å². The molecule has 246 valence electrons. The molecule has 3 rings (SSSR count). The molecule has 1 saturated heterocycles. The van der Waals surface area contributed by atoms with Crippen molar-refractivity contribution in [3.63, 3.8) is 0 Å². The highest BCUT2D eigenvalue weighted by atomic mass is 16.5. The molecule has 9 N–H and O–H groups in total. The fraction of sp³-hybridized carbons (Fsp3) is 0.393. The van der Waals surface area contributed by atoms with Gasteiger partial charge in [-0.2, -0.15) is 0 Å². The van der Waals surface area contributed by atoms with E-state index in [0.717, 1.165) is 6.92 Å². The van der Waals surface area contributed by atoms with Crippen molar-refractivity contribution in [3.05, 3.63) is 47.3 Å². The largest absolute Gasteiger partial charge is 0.493 e. The number of primary amides is 1. The number of aliphatic carboxylic acids is 3. The molecule has 0 aliphatic carbocycles. The zero-order valence-corrected chi connectivity index (χ0v) is 25.2. The predicted molar refractivity (Wildman–Crippen MR) is 159 cm³/mol. The molecule has 17 nitrogen and oxygen atoms in total. The number of nitrogens with two attached hydrogens (primary N) is 2. The van der Waals surface area contributed by atoms with Crippen molar-refractivity contribution in [3.8, 4) is 17.2 Å². The number of methoxy groups -OCH3 is 3. The average molecular weight is 635 g/mol. The van der Waals surface area contributed by atoms with Gasteiger partial charge in [-0.15, -0.1) is 0 Å². The predicted octanol–water partition coefficient (Wildman–Crippen LogP) is -0.0712. The van der Waals surface area contributed by atoms with E-state index >= 15 is 0 Å². The molecule has 2 atom stereocenters. The number of nitrogens with zero attached hydrogens (tertiary/aromatic N) is 2. The summed E-state index contributed by atoms with van der Waals surface area (Å²) in [6.07, 6.45) is 2.36. The van der Waals surface area contributed by atoms with Crippen LogP contribution in [0.3, 0.4) is 0 Å². The van der Waals surface area contributed by atoms with Crippen LogP contribution in [0.25, 0.3) is 0 Å². The normalized spacial score (nSPS) is 14.0. The van der Waals surface area contributed by atoms with Gasteiger partial charge in [0, 0.05) is 19.7 Å². The van der Waals surface area contributed by atoms with Gasteiger partial charge in [0.2, 0.25) is 17.6 Å². The molecule has 0 unspecified atom stereocenters. The van der Waals surface area contributed by atoms with Gasteiger partial charge in [-0.1, -0.05) is 0 Å². The van der Waals surface area contributed by atoms with Crippen LogP contribution in [0.15, 0.2) is 30.5 Å². The van der Waals surface area contributed by atoms with Gasteiger partial charge in [0.05, 0.1) is 39.5 Å². The third-order valence-electron chi connectivity index (χ3n) is 6.11. The first-order valence-electron chi connectivity index (χ1n) is 13.2. The minimum absolute atomic E-state index is 0.117. The molecule has 17 heteroatoms. The Hall–Kier alpha value is -5.45. The summed E-state index contributed by atoms with van der Waals surface area (Å²) < 4.78 is 15.9. The van der Waals surface area contributed by atoms with Crippen molar-refractivity contribution in [1.82, 2.24) is 15.2 Å². The van der Waals surface area contributed by atoms with E-state index in [0.29, 0.717) is 53.5 Å². The summed E-state index contributed by atoms with van der Waals surface area (Å²) >= 11 is 0. The summed E-state index contributed by atoms with van der Waals surface area (Å²) in [4.78, 5) is 60.1. The minimum atomic E-state index is -1.12. The van der Waals surface area contributed by atoms with Crippen LogP contribution in [0.4, 0.5) is 0 Å². The number of amidine groups is 1. The number of hydrogen-bond acceptors (Lipinski definition) is 11. The standard InChI is InChI=1S/C19H26N2O8.C7H8N4O.C2H4O2/c1-27-14-8-11(9-15(28-2)17(14)29-3)7-12(20-10-16(22)23)18(24)21-6-4-5-13(21)19(25)26;8-6(9)5-2-1-4(3-11-5)7(10)12;1-2(3)4/h8-9,12-13,20H,4-7,10H2,1-3H3,(H,22,23)(H,25,26);1-3H,(H3,8,9)(H2,10,12);1H3,(H,3,4)/t12-,13-;;/m0../s1. The van der Waals surface area contributed by atoms with Crippen LogP contribution in [-0.2, 0) is 25.6 Å². The zero-order valence-electron chi connectivity index (χ0n) is 25.2. The molecule has 0 bridgehead atoms. The van der Waals surface area contributed by atoms with Crippen LogP contribution < -0.4 is 31.0 Å². The van der Waals surface area contributed by atoms with Crippen molar-refractivity contribution < 1.29 is 53.5 Å². The monoisotopic (exact) mass is 634 g/mol. The average Bonchev–Trinajstić information content (AvgIpc) is 3.49. The highest BCUT2D eigenvalue weighted by Crippen LogP contribution is 2.38. The van der Waals surface area contributed by atoms with Crippen molar-refractivity contribution in [2.75, 3.05) is 34.4 Å². The lowest BCUT2D eigenvalue weighted by Gasteiger charge is -2.27. The van der Waals surface area contributed by atoms with Crippen LogP contribution in [0.2, 0.25) is 0 Å². The number of carbonyl (C=O) groups excluding carboxylic acids is 2. The Morgan fingerprint density at radius 2 is 1.62 bits per heavy atom. The summed E-state index contributed by atoms with van der Waals surface area (Å²) in [6.45, 7) is 0.961. The molecule has 2 amide bonds. The van der Waals surface area contributed by atoms with Crippen LogP contribution >= 0.6 is 0 Å². The summed E-state index contributed by atoms with van der Waals surface area (Å²) in [5, 5.41) is 35.5. The first kappa shape index (κ1) is 37.6. The minimum Gasteiger partial charge on any atom is -0.493 e. The number of amides is 2. The maximum atomic E-state index is 13.0. The Morgan fingerprint density at radius 1 is 1.04 bits per heavy atom. The maximum Gasteiger partial charge on any atom is 0.326 e. The molecular weight excluding hydrogens is 596 g/mol. The molecule has 1 aliphatic heterocycles. The van der Waals surface area contributed by atoms with Crippen LogP contribution in [0, 0.1) is 5.41 Å². The number of benzene rings is 1. The number of carboxylic acid groups (broad SMARTS) is 3. The summed E-state index contributed by atoms with van der Waals surface area (Å²) in [5.41, 5.74) is 11.4. The Balaban J connectivity index is 0.000000520. The number of pyridine rings is 1. The third kappa shape index (κ3) is 12.0. The van der Waals surface area contributed by atoms with Gasteiger partial charge in [-0.05, 0) is 49.1 Å². The number of carboxylic acids is 3.